The molecule has 0 saturated heterocycles. The first kappa shape index (κ1) is 13.3. The molecule has 0 unspecified atom stereocenters. The van der Waals surface area contributed by atoms with Gasteiger partial charge in [0.1, 0.15) is 11.5 Å². The van der Waals surface area contributed by atoms with Crippen LogP contribution in [0.3, 0.4) is 0 Å². The van der Waals surface area contributed by atoms with E-state index in [0.717, 1.165) is 5.76 Å². The average molecular weight is 283 g/mol. The molecule has 2 aromatic rings. The Labute approximate surface area is 113 Å². The summed E-state index contributed by atoms with van der Waals surface area (Å²) in [5.74, 6) is 0.904. The number of nitro groups is 1. The third-order valence-corrected chi connectivity index (χ3v) is 2.63. The maximum atomic E-state index is 11.0. The van der Waals surface area contributed by atoms with Crippen LogP contribution in [0.4, 0.5) is 11.5 Å². The monoisotopic (exact) mass is 282 g/mol. The van der Waals surface area contributed by atoms with Crippen molar-refractivity contribution in [1.29, 1.82) is 0 Å². The van der Waals surface area contributed by atoms with Gasteiger partial charge in [0.2, 0.25) is 11.1 Å². The molecule has 0 spiro atoms. The van der Waals surface area contributed by atoms with Crippen LogP contribution in [0.1, 0.15) is 11.5 Å². The highest BCUT2D eigenvalue weighted by molar-refractivity contribution is 6.28. The number of anilines is 1. The first-order valence-corrected chi connectivity index (χ1v) is 5.90. The van der Waals surface area contributed by atoms with Gasteiger partial charge >= 0.3 is 5.69 Å². The zero-order valence-electron chi connectivity index (χ0n) is 10.1. The van der Waals surface area contributed by atoms with E-state index in [-0.39, 0.29) is 22.5 Å². The minimum atomic E-state index is -0.527. The molecule has 0 radical (unpaired) electrons. The highest BCUT2D eigenvalue weighted by atomic mass is 35.5. The SMILES string of the molecule is Cc1nc(Cl)nc(NCCc2ccco2)c1[N+](=O)[O-]. The van der Waals surface area contributed by atoms with Gasteiger partial charge in [-0.05, 0) is 30.7 Å². The van der Waals surface area contributed by atoms with E-state index in [9.17, 15) is 10.1 Å². The average Bonchev–Trinajstić information content (AvgIpc) is 2.80. The standard InChI is InChI=1S/C11H11ClN4O3/c1-7-9(16(17)18)10(15-11(12)14-7)13-5-4-8-3-2-6-19-8/h2-3,6H,4-5H2,1H3,(H,13,14,15). The first-order valence-electron chi connectivity index (χ1n) is 5.52. The molecular weight excluding hydrogens is 272 g/mol. The molecule has 0 aromatic carbocycles. The normalized spacial score (nSPS) is 10.4. The van der Waals surface area contributed by atoms with Crippen molar-refractivity contribution in [3.05, 3.63) is 45.2 Å². The lowest BCUT2D eigenvalue weighted by atomic mass is 10.3. The number of aryl methyl sites for hydroxylation is 1. The molecule has 7 nitrogen and oxygen atoms in total. The highest BCUT2D eigenvalue weighted by Gasteiger charge is 2.21. The molecule has 0 bridgehead atoms. The Kier molecular flexibility index (Phi) is 3.96. The van der Waals surface area contributed by atoms with E-state index in [4.69, 9.17) is 16.0 Å². The molecule has 0 fully saturated rings. The summed E-state index contributed by atoms with van der Waals surface area (Å²) in [7, 11) is 0. The zero-order chi connectivity index (χ0) is 13.8. The molecule has 0 aliphatic heterocycles. The number of hydrogen-bond donors (Lipinski definition) is 1. The molecule has 1 N–H and O–H groups in total. The molecule has 2 rings (SSSR count). The lowest BCUT2D eigenvalue weighted by Crippen LogP contribution is -2.10. The fourth-order valence-corrected chi connectivity index (χ4v) is 1.84. The highest BCUT2D eigenvalue weighted by Crippen LogP contribution is 2.26. The van der Waals surface area contributed by atoms with Gasteiger partial charge in [0, 0.05) is 13.0 Å². The summed E-state index contributed by atoms with van der Waals surface area (Å²) >= 11 is 5.70. The van der Waals surface area contributed by atoms with Crippen molar-refractivity contribution in [1.82, 2.24) is 9.97 Å². The van der Waals surface area contributed by atoms with Crippen molar-refractivity contribution in [2.24, 2.45) is 0 Å². The van der Waals surface area contributed by atoms with Crippen molar-refractivity contribution in [2.45, 2.75) is 13.3 Å². The molecule has 100 valence electrons. The van der Waals surface area contributed by atoms with Gasteiger partial charge in [0.25, 0.3) is 0 Å². The van der Waals surface area contributed by atoms with E-state index in [1.807, 2.05) is 6.07 Å². The van der Waals surface area contributed by atoms with Crippen molar-refractivity contribution >= 4 is 23.1 Å². The number of halogens is 1. The molecule has 0 aliphatic rings. The van der Waals surface area contributed by atoms with Crippen molar-refractivity contribution in [3.8, 4) is 0 Å². The second kappa shape index (κ2) is 5.66. The summed E-state index contributed by atoms with van der Waals surface area (Å²) in [4.78, 5) is 18.1. The molecule has 0 aliphatic carbocycles. The van der Waals surface area contributed by atoms with E-state index in [1.54, 1.807) is 12.3 Å². The van der Waals surface area contributed by atoms with Crippen LogP contribution in [-0.2, 0) is 6.42 Å². The second-order valence-corrected chi connectivity index (χ2v) is 4.13. The Morgan fingerprint density at radius 1 is 1.53 bits per heavy atom. The molecule has 0 saturated carbocycles. The van der Waals surface area contributed by atoms with E-state index < -0.39 is 4.92 Å². The van der Waals surface area contributed by atoms with Crippen LogP contribution in [0, 0.1) is 17.0 Å². The van der Waals surface area contributed by atoms with E-state index in [2.05, 4.69) is 15.3 Å². The maximum absolute atomic E-state index is 11.0. The number of furan rings is 1. The van der Waals surface area contributed by atoms with Gasteiger partial charge in [-0.25, -0.2) is 4.98 Å². The molecular formula is C11H11ClN4O3. The summed E-state index contributed by atoms with van der Waals surface area (Å²) in [6.45, 7) is 1.96. The Morgan fingerprint density at radius 2 is 2.32 bits per heavy atom. The third kappa shape index (κ3) is 3.19. The topological polar surface area (TPSA) is 94.1 Å². The Bertz CT molecular complexity index is 586. The van der Waals surface area contributed by atoms with Gasteiger partial charge in [-0.3, -0.25) is 10.1 Å². The lowest BCUT2D eigenvalue weighted by Gasteiger charge is -2.06. The summed E-state index contributed by atoms with van der Waals surface area (Å²) in [5.41, 5.74) is 0.0642. The van der Waals surface area contributed by atoms with Crippen molar-refractivity contribution in [3.63, 3.8) is 0 Å². The molecule has 19 heavy (non-hydrogen) atoms. The largest absolute Gasteiger partial charge is 0.469 e. The predicted octanol–water partition coefficient (Wildman–Crippen LogP) is 2.59. The third-order valence-electron chi connectivity index (χ3n) is 2.46. The lowest BCUT2D eigenvalue weighted by molar-refractivity contribution is -0.385. The fourth-order valence-electron chi connectivity index (χ4n) is 1.63. The Morgan fingerprint density at radius 3 is 2.95 bits per heavy atom. The van der Waals surface area contributed by atoms with E-state index in [1.165, 1.54) is 6.92 Å². The van der Waals surface area contributed by atoms with Crippen LogP contribution in [0.25, 0.3) is 0 Å². The summed E-state index contributed by atoms with van der Waals surface area (Å²) in [6, 6.07) is 3.61. The molecule has 0 amide bonds. The van der Waals surface area contributed by atoms with Crippen LogP contribution in [-0.4, -0.2) is 21.4 Å². The number of nitrogens with one attached hydrogen (secondary N) is 1. The quantitative estimate of drug-likeness (QED) is 0.514. The van der Waals surface area contributed by atoms with Crippen LogP contribution in [0.5, 0.6) is 0 Å². The fraction of sp³-hybridized carbons (Fsp3) is 0.273. The number of hydrogen-bond acceptors (Lipinski definition) is 6. The zero-order valence-corrected chi connectivity index (χ0v) is 10.8. The van der Waals surface area contributed by atoms with Crippen molar-refractivity contribution in [2.75, 3.05) is 11.9 Å². The van der Waals surface area contributed by atoms with Crippen molar-refractivity contribution < 1.29 is 9.34 Å². The van der Waals surface area contributed by atoms with Gasteiger partial charge < -0.3 is 9.73 Å². The minimum absolute atomic E-state index is 0.0244. The summed E-state index contributed by atoms with van der Waals surface area (Å²) < 4.78 is 5.16. The molecule has 2 aromatic heterocycles. The maximum Gasteiger partial charge on any atom is 0.332 e. The second-order valence-electron chi connectivity index (χ2n) is 3.79. The van der Waals surface area contributed by atoms with Gasteiger partial charge in [0.15, 0.2) is 0 Å². The molecule has 8 heteroatoms. The summed E-state index contributed by atoms with van der Waals surface area (Å²) in [5, 5.41) is 13.8. The van der Waals surface area contributed by atoms with E-state index >= 15 is 0 Å². The van der Waals surface area contributed by atoms with Crippen LogP contribution in [0.15, 0.2) is 22.8 Å². The van der Waals surface area contributed by atoms with E-state index in [0.29, 0.717) is 13.0 Å². The molecule has 0 atom stereocenters. The van der Waals surface area contributed by atoms with Gasteiger partial charge in [-0.15, -0.1) is 0 Å². The first-order chi connectivity index (χ1) is 9.08. The van der Waals surface area contributed by atoms with Crippen LogP contribution in [0.2, 0.25) is 5.28 Å². The molecule has 2 heterocycles. The Balaban J connectivity index is 2.12. The Hall–Kier alpha value is -2.15. The predicted molar refractivity (Wildman–Crippen MR) is 69.3 cm³/mol. The van der Waals surface area contributed by atoms with Crippen LogP contribution >= 0.6 is 11.6 Å². The van der Waals surface area contributed by atoms with Crippen LogP contribution < -0.4 is 5.32 Å². The minimum Gasteiger partial charge on any atom is -0.469 e. The van der Waals surface area contributed by atoms with Gasteiger partial charge in [-0.2, -0.15) is 4.98 Å². The number of nitrogens with zero attached hydrogens (tertiary/aromatic N) is 3. The number of aromatic nitrogens is 2. The number of rotatable bonds is 5. The van der Waals surface area contributed by atoms with Gasteiger partial charge in [0.05, 0.1) is 11.2 Å². The summed E-state index contributed by atoms with van der Waals surface area (Å²) in [6.07, 6.45) is 2.16. The van der Waals surface area contributed by atoms with Gasteiger partial charge in [-0.1, -0.05) is 0 Å². The smallest absolute Gasteiger partial charge is 0.332 e.